The number of aryl methyl sites for hydroxylation is 3. The number of nitrogens with zero attached hydrogens (tertiary/aromatic N) is 1. The van der Waals surface area contributed by atoms with Crippen LogP contribution in [0.25, 0.3) is 5.69 Å². The quantitative estimate of drug-likeness (QED) is 0.935. The van der Waals surface area contributed by atoms with E-state index in [9.17, 15) is 4.79 Å². The van der Waals surface area contributed by atoms with Gasteiger partial charge in [-0.1, -0.05) is 18.2 Å². The Morgan fingerprint density at radius 2 is 1.86 bits per heavy atom. The van der Waals surface area contributed by atoms with Gasteiger partial charge in [0.1, 0.15) is 0 Å². The van der Waals surface area contributed by atoms with Gasteiger partial charge >= 0.3 is 0 Å². The molecule has 0 aliphatic heterocycles. The van der Waals surface area contributed by atoms with E-state index in [0.717, 1.165) is 11.3 Å². The minimum absolute atomic E-state index is 0.128. The average Bonchev–Trinajstić information content (AvgIpc) is 3.23. The van der Waals surface area contributed by atoms with Crippen molar-refractivity contribution in [2.75, 3.05) is 0 Å². The van der Waals surface area contributed by atoms with E-state index in [1.54, 1.807) is 6.07 Å². The average molecular weight is 282 g/mol. The van der Waals surface area contributed by atoms with Gasteiger partial charge in [-0.15, -0.1) is 0 Å². The molecular weight excluding hydrogens is 260 g/mol. The van der Waals surface area contributed by atoms with E-state index in [-0.39, 0.29) is 5.43 Å². The fourth-order valence-corrected chi connectivity index (χ4v) is 2.77. The summed E-state index contributed by atoms with van der Waals surface area (Å²) in [5.74, 6) is 0. The summed E-state index contributed by atoms with van der Waals surface area (Å²) < 4.78 is 2.15. The Morgan fingerprint density at radius 3 is 2.48 bits per heavy atom. The molecule has 1 heterocycles. The Labute approximate surface area is 125 Å². The number of aromatic nitrogens is 1. The zero-order valence-corrected chi connectivity index (χ0v) is 12.9. The molecule has 0 saturated heterocycles. The molecule has 3 rings (SSSR count). The predicted octanol–water partition coefficient (Wildman–Crippen LogP) is 3.01. The Kier molecular flexibility index (Phi) is 3.68. The molecule has 1 N–H and O–H groups in total. The summed E-state index contributed by atoms with van der Waals surface area (Å²) in [4.78, 5) is 12.2. The van der Waals surface area contributed by atoms with Crippen LogP contribution in [0.1, 0.15) is 35.2 Å². The smallest absolute Gasteiger partial charge is 0.186 e. The van der Waals surface area contributed by atoms with Crippen molar-refractivity contribution in [3.63, 3.8) is 0 Å². The zero-order chi connectivity index (χ0) is 15.0. The highest BCUT2D eigenvalue weighted by Gasteiger charge is 2.20. The number of para-hydroxylation sites is 1. The molecule has 0 unspecified atom stereocenters. The van der Waals surface area contributed by atoms with Crippen LogP contribution < -0.4 is 10.7 Å². The number of hydrogen-bond donors (Lipinski definition) is 1. The molecule has 1 aromatic heterocycles. The molecule has 1 aliphatic rings. The Hall–Kier alpha value is -1.87. The SMILES string of the molecule is Cc1cccc(C)c1-n1cc(CNC2CC2)c(=O)cc1C. The highest BCUT2D eigenvalue weighted by molar-refractivity contribution is 5.48. The Bertz CT molecular complexity index is 706. The molecule has 0 atom stereocenters. The number of pyridine rings is 1. The molecule has 0 spiro atoms. The van der Waals surface area contributed by atoms with Gasteiger partial charge in [0.15, 0.2) is 5.43 Å². The molecule has 0 bridgehead atoms. The van der Waals surface area contributed by atoms with Gasteiger partial charge < -0.3 is 9.88 Å². The largest absolute Gasteiger partial charge is 0.320 e. The van der Waals surface area contributed by atoms with Crippen molar-refractivity contribution in [2.45, 2.75) is 46.2 Å². The summed E-state index contributed by atoms with van der Waals surface area (Å²) in [5, 5.41) is 3.43. The van der Waals surface area contributed by atoms with Crippen molar-refractivity contribution < 1.29 is 0 Å². The van der Waals surface area contributed by atoms with Gasteiger partial charge in [-0.05, 0) is 44.7 Å². The number of rotatable bonds is 4. The van der Waals surface area contributed by atoms with E-state index >= 15 is 0 Å². The molecule has 110 valence electrons. The molecule has 2 aromatic rings. The third-order valence-electron chi connectivity index (χ3n) is 4.16. The lowest BCUT2D eigenvalue weighted by Gasteiger charge is -2.17. The van der Waals surface area contributed by atoms with Crippen molar-refractivity contribution in [3.05, 3.63) is 63.1 Å². The van der Waals surface area contributed by atoms with Crippen molar-refractivity contribution in [1.29, 1.82) is 0 Å². The van der Waals surface area contributed by atoms with Crippen molar-refractivity contribution >= 4 is 0 Å². The standard InChI is InChI=1S/C18H22N2O/c1-12-5-4-6-13(2)18(12)20-11-15(10-19-16-7-8-16)17(21)9-14(20)3/h4-6,9,11,16,19H,7-8,10H2,1-3H3. The molecule has 1 fully saturated rings. The van der Waals surface area contributed by atoms with Gasteiger partial charge in [-0.3, -0.25) is 4.79 Å². The Balaban J connectivity index is 2.04. The van der Waals surface area contributed by atoms with Crippen LogP contribution in [0.2, 0.25) is 0 Å². The minimum Gasteiger partial charge on any atom is -0.320 e. The highest BCUT2D eigenvalue weighted by atomic mass is 16.1. The maximum atomic E-state index is 12.2. The van der Waals surface area contributed by atoms with Crippen LogP contribution in [0.15, 0.2) is 35.3 Å². The van der Waals surface area contributed by atoms with Gasteiger partial charge in [0.25, 0.3) is 0 Å². The molecule has 3 heteroatoms. The lowest BCUT2D eigenvalue weighted by molar-refractivity contribution is 0.679. The second-order valence-electron chi connectivity index (χ2n) is 6.07. The first-order valence-electron chi connectivity index (χ1n) is 7.58. The lowest BCUT2D eigenvalue weighted by Crippen LogP contribution is -2.23. The van der Waals surface area contributed by atoms with E-state index in [1.165, 1.54) is 29.7 Å². The molecule has 1 aliphatic carbocycles. The van der Waals surface area contributed by atoms with Crippen LogP contribution >= 0.6 is 0 Å². The van der Waals surface area contributed by atoms with Crippen LogP contribution in [-0.2, 0) is 6.54 Å². The summed E-state index contributed by atoms with van der Waals surface area (Å²) >= 11 is 0. The van der Waals surface area contributed by atoms with E-state index in [4.69, 9.17) is 0 Å². The molecular formula is C18H22N2O. The molecule has 3 nitrogen and oxygen atoms in total. The van der Waals surface area contributed by atoms with E-state index in [1.807, 2.05) is 13.1 Å². The number of nitrogens with one attached hydrogen (secondary N) is 1. The van der Waals surface area contributed by atoms with Gasteiger partial charge in [-0.2, -0.15) is 0 Å². The van der Waals surface area contributed by atoms with Crippen LogP contribution in [0, 0.1) is 20.8 Å². The minimum atomic E-state index is 0.128. The summed E-state index contributed by atoms with van der Waals surface area (Å²) in [7, 11) is 0. The molecule has 0 amide bonds. The third kappa shape index (κ3) is 2.93. The van der Waals surface area contributed by atoms with Crippen molar-refractivity contribution in [1.82, 2.24) is 9.88 Å². The van der Waals surface area contributed by atoms with Gasteiger partial charge in [-0.25, -0.2) is 0 Å². The van der Waals surface area contributed by atoms with E-state index < -0.39 is 0 Å². The monoisotopic (exact) mass is 282 g/mol. The Morgan fingerprint density at radius 1 is 1.19 bits per heavy atom. The van der Waals surface area contributed by atoms with Gasteiger partial charge in [0, 0.05) is 36.1 Å². The summed E-state index contributed by atoms with van der Waals surface area (Å²) in [6.07, 6.45) is 4.47. The second kappa shape index (κ2) is 5.49. The van der Waals surface area contributed by atoms with Crippen LogP contribution in [0.5, 0.6) is 0 Å². The summed E-state index contributed by atoms with van der Waals surface area (Å²) in [5.41, 5.74) is 5.58. The van der Waals surface area contributed by atoms with Crippen molar-refractivity contribution in [3.8, 4) is 5.69 Å². The normalized spacial score (nSPS) is 14.4. The van der Waals surface area contributed by atoms with Gasteiger partial charge in [0.2, 0.25) is 0 Å². The van der Waals surface area contributed by atoms with E-state index in [2.05, 4.69) is 41.9 Å². The first-order valence-corrected chi connectivity index (χ1v) is 7.58. The fraction of sp³-hybridized carbons (Fsp3) is 0.389. The van der Waals surface area contributed by atoms with Crippen LogP contribution in [0.3, 0.4) is 0 Å². The van der Waals surface area contributed by atoms with Crippen molar-refractivity contribution in [2.24, 2.45) is 0 Å². The number of benzene rings is 1. The molecule has 1 aromatic carbocycles. The molecule has 1 saturated carbocycles. The molecule has 21 heavy (non-hydrogen) atoms. The topological polar surface area (TPSA) is 34.0 Å². The van der Waals surface area contributed by atoms with E-state index in [0.29, 0.717) is 12.6 Å². The van der Waals surface area contributed by atoms with Crippen LogP contribution in [-0.4, -0.2) is 10.6 Å². The highest BCUT2D eigenvalue weighted by Crippen LogP contribution is 2.21. The van der Waals surface area contributed by atoms with Crippen LogP contribution in [0.4, 0.5) is 0 Å². The third-order valence-corrected chi connectivity index (χ3v) is 4.16. The first-order chi connectivity index (χ1) is 10.1. The second-order valence-corrected chi connectivity index (χ2v) is 6.07. The summed E-state index contributed by atoms with van der Waals surface area (Å²) in [6, 6.07) is 8.65. The van der Waals surface area contributed by atoms with Gasteiger partial charge in [0.05, 0.1) is 5.69 Å². The predicted molar refractivity (Wildman–Crippen MR) is 86.1 cm³/mol. The number of hydrogen-bond acceptors (Lipinski definition) is 2. The summed E-state index contributed by atoms with van der Waals surface area (Å²) in [6.45, 7) is 6.88. The molecule has 0 radical (unpaired) electrons. The first kappa shape index (κ1) is 14.1. The zero-order valence-electron chi connectivity index (χ0n) is 12.9. The fourth-order valence-electron chi connectivity index (χ4n) is 2.77. The maximum Gasteiger partial charge on any atom is 0.186 e. The maximum absolute atomic E-state index is 12.2. The lowest BCUT2D eigenvalue weighted by atomic mass is 10.1.